The Kier molecular flexibility index (Phi) is 4.93. The molecule has 1 aliphatic carbocycles. The molecule has 0 unspecified atom stereocenters. The van der Waals surface area contributed by atoms with E-state index in [-0.39, 0.29) is 17.7 Å². The zero-order valence-electron chi connectivity index (χ0n) is 13.2. The second-order valence-corrected chi connectivity index (χ2v) is 6.01. The number of halogens is 1. The maximum atomic E-state index is 13.9. The molecule has 1 heterocycles. The SMILES string of the molecule is COc1ccc(-c2[nH]ncc2CNC2CCC(O)CC2)cc1F. The molecule has 6 heteroatoms. The van der Waals surface area contributed by atoms with Crippen molar-refractivity contribution in [3.05, 3.63) is 35.8 Å². The molecule has 0 spiro atoms. The summed E-state index contributed by atoms with van der Waals surface area (Å²) in [4.78, 5) is 0. The van der Waals surface area contributed by atoms with Crippen LogP contribution >= 0.6 is 0 Å². The van der Waals surface area contributed by atoms with E-state index in [4.69, 9.17) is 4.74 Å². The van der Waals surface area contributed by atoms with E-state index in [1.807, 2.05) is 6.07 Å². The highest BCUT2D eigenvalue weighted by Gasteiger charge is 2.19. The molecule has 2 aromatic rings. The first-order chi connectivity index (χ1) is 11.2. The molecule has 1 fully saturated rings. The van der Waals surface area contributed by atoms with Crippen LogP contribution in [0.5, 0.6) is 5.75 Å². The van der Waals surface area contributed by atoms with Crippen LogP contribution in [0.4, 0.5) is 4.39 Å². The lowest BCUT2D eigenvalue weighted by atomic mass is 9.93. The highest BCUT2D eigenvalue weighted by atomic mass is 19.1. The summed E-state index contributed by atoms with van der Waals surface area (Å²) >= 11 is 0. The topological polar surface area (TPSA) is 70.2 Å². The summed E-state index contributed by atoms with van der Waals surface area (Å²) in [6.45, 7) is 0.667. The Morgan fingerprint density at radius 2 is 2.13 bits per heavy atom. The lowest BCUT2D eigenvalue weighted by molar-refractivity contribution is 0.116. The Bertz CT molecular complexity index is 651. The fourth-order valence-corrected chi connectivity index (χ4v) is 3.05. The van der Waals surface area contributed by atoms with Gasteiger partial charge < -0.3 is 15.2 Å². The van der Waals surface area contributed by atoms with Gasteiger partial charge in [0, 0.05) is 23.7 Å². The summed E-state index contributed by atoms with van der Waals surface area (Å²) in [7, 11) is 1.45. The van der Waals surface area contributed by atoms with Crippen molar-refractivity contribution >= 4 is 0 Å². The van der Waals surface area contributed by atoms with E-state index in [0.29, 0.717) is 12.6 Å². The van der Waals surface area contributed by atoms with Gasteiger partial charge in [-0.3, -0.25) is 5.10 Å². The molecule has 124 valence electrons. The number of aromatic amines is 1. The fraction of sp³-hybridized carbons (Fsp3) is 0.471. The Balaban J connectivity index is 1.68. The number of hydrogen-bond donors (Lipinski definition) is 3. The number of aliphatic hydroxyl groups is 1. The first-order valence-electron chi connectivity index (χ1n) is 7.95. The van der Waals surface area contributed by atoms with Gasteiger partial charge in [-0.05, 0) is 43.9 Å². The van der Waals surface area contributed by atoms with Crippen molar-refractivity contribution in [3.8, 4) is 17.0 Å². The monoisotopic (exact) mass is 319 g/mol. The van der Waals surface area contributed by atoms with Crippen molar-refractivity contribution in [3.63, 3.8) is 0 Å². The van der Waals surface area contributed by atoms with Crippen LogP contribution in [-0.4, -0.2) is 34.6 Å². The Morgan fingerprint density at radius 1 is 1.35 bits per heavy atom. The second-order valence-electron chi connectivity index (χ2n) is 6.01. The Morgan fingerprint density at radius 3 is 2.83 bits per heavy atom. The average Bonchev–Trinajstić information content (AvgIpc) is 3.03. The number of rotatable bonds is 5. The van der Waals surface area contributed by atoms with E-state index >= 15 is 0 Å². The van der Waals surface area contributed by atoms with E-state index in [0.717, 1.165) is 42.5 Å². The molecular weight excluding hydrogens is 297 g/mol. The zero-order valence-corrected chi connectivity index (χ0v) is 13.2. The molecule has 3 rings (SSSR count). The van der Waals surface area contributed by atoms with Gasteiger partial charge in [0.05, 0.1) is 25.1 Å². The first-order valence-corrected chi connectivity index (χ1v) is 7.95. The summed E-state index contributed by atoms with van der Waals surface area (Å²) in [5.74, 6) is -0.159. The third-order valence-electron chi connectivity index (χ3n) is 4.44. The van der Waals surface area contributed by atoms with E-state index < -0.39 is 0 Å². The van der Waals surface area contributed by atoms with Gasteiger partial charge in [0.2, 0.25) is 0 Å². The number of H-pyrrole nitrogens is 1. The van der Waals surface area contributed by atoms with Gasteiger partial charge in [0.15, 0.2) is 11.6 Å². The van der Waals surface area contributed by atoms with E-state index in [1.54, 1.807) is 12.3 Å². The van der Waals surface area contributed by atoms with Crippen LogP contribution < -0.4 is 10.1 Å². The van der Waals surface area contributed by atoms with Gasteiger partial charge >= 0.3 is 0 Å². The number of methoxy groups -OCH3 is 1. The predicted octanol–water partition coefficient (Wildman–Crippen LogP) is 2.62. The van der Waals surface area contributed by atoms with Crippen LogP contribution in [0.15, 0.2) is 24.4 Å². The van der Waals surface area contributed by atoms with Crippen LogP contribution in [0, 0.1) is 5.82 Å². The molecule has 0 atom stereocenters. The molecule has 1 saturated carbocycles. The van der Waals surface area contributed by atoms with Gasteiger partial charge in [-0.25, -0.2) is 4.39 Å². The maximum Gasteiger partial charge on any atom is 0.165 e. The summed E-state index contributed by atoms with van der Waals surface area (Å²) in [6.07, 6.45) is 5.26. The lowest BCUT2D eigenvalue weighted by Crippen LogP contribution is -2.34. The molecular formula is C17H22FN3O2. The second kappa shape index (κ2) is 7.10. The largest absolute Gasteiger partial charge is 0.494 e. The van der Waals surface area contributed by atoms with Crippen LogP contribution in [0.3, 0.4) is 0 Å². The number of aromatic nitrogens is 2. The van der Waals surface area contributed by atoms with Gasteiger partial charge in [-0.15, -0.1) is 0 Å². The summed E-state index contributed by atoms with van der Waals surface area (Å²) in [6, 6.07) is 5.29. The minimum atomic E-state index is -0.389. The third kappa shape index (κ3) is 3.71. The number of benzene rings is 1. The Hall–Kier alpha value is -1.92. The quantitative estimate of drug-likeness (QED) is 0.792. The molecule has 5 nitrogen and oxygen atoms in total. The van der Waals surface area contributed by atoms with E-state index in [2.05, 4.69) is 15.5 Å². The standard InChI is InChI=1S/C17H22FN3O2/c1-23-16-7-2-11(8-15(16)18)17-12(10-20-21-17)9-19-13-3-5-14(22)6-4-13/h2,7-8,10,13-14,19,22H,3-6,9H2,1H3,(H,20,21). The van der Waals surface area contributed by atoms with Gasteiger partial charge in [0.25, 0.3) is 0 Å². The van der Waals surface area contributed by atoms with Gasteiger partial charge in [-0.1, -0.05) is 0 Å². The molecule has 0 radical (unpaired) electrons. The molecule has 0 amide bonds. The van der Waals surface area contributed by atoms with Crippen molar-refractivity contribution < 1.29 is 14.2 Å². The smallest absolute Gasteiger partial charge is 0.165 e. The van der Waals surface area contributed by atoms with E-state index in [9.17, 15) is 9.50 Å². The molecule has 0 aliphatic heterocycles. The maximum absolute atomic E-state index is 13.9. The summed E-state index contributed by atoms with van der Waals surface area (Å²) in [5, 5.41) is 20.1. The third-order valence-corrected chi connectivity index (χ3v) is 4.44. The van der Waals surface area contributed by atoms with Crippen LogP contribution in [-0.2, 0) is 6.54 Å². The molecule has 1 aromatic heterocycles. The molecule has 23 heavy (non-hydrogen) atoms. The van der Waals surface area contributed by atoms with Gasteiger partial charge in [0.1, 0.15) is 0 Å². The molecule has 1 aliphatic rings. The minimum absolute atomic E-state index is 0.153. The number of aliphatic hydroxyl groups excluding tert-OH is 1. The average molecular weight is 319 g/mol. The van der Waals surface area contributed by atoms with Crippen LogP contribution in [0.25, 0.3) is 11.3 Å². The number of nitrogens with zero attached hydrogens (tertiary/aromatic N) is 1. The number of hydrogen-bond acceptors (Lipinski definition) is 4. The number of ether oxygens (including phenoxy) is 1. The molecule has 1 aromatic carbocycles. The van der Waals surface area contributed by atoms with Crippen LogP contribution in [0.1, 0.15) is 31.2 Å². The molecule has 0 bridgehead atoms. The summed E-state index contributed by atoms with van der Waals surface area (Å²) < 4.78 is 18.8. The Labute approximate surface area is 134 Å². The van der Waals surface area contributed by atoms with Gasteiger partial charge in [-0.2, -0.15) is 5.10 Å². The summed E-state index contributed by atoms with van der Waals surface area (Å²) in [5.41, 5.74) is 2.56. The van der Waals surface area contributed by atoms with E-state index in [1.165, 1.54) is 13.2 Å². The highest BCUT2D eigenvalue weighted by molar-refractivity contribution is 5.63. The minimum Gasteiger partial charge on any atom is -0.494 e. The van der Waals surface area contributed by atoms with Crippen LogP contribution in [0.2, 0.25) is 0 Å². The lowest BCUT2D eigenvalue weighted by Gasteiger charge is -2.26. The zero-order chi connectivity index (χ0) is 16.2. The number of nitrogens with one attached hydrogen (secondary N) is 2. The van der Waals surface area contributed by atoms with Crippen molar-refractivity contribution in [2.24, 2.45) is 0 Å². The molecule has 3 N–H and O–H groups in total. The normalized spacial score (nSPS) is 21.3. The predicted molar refractivity (Wildman–Crippen MR) is 85.6 cm³/mol. The molecule has 0 saturated heterocycles. The van der Waals surface area contributed by atoms with Crippen molar-refractivity contribution in [2.75, 3.05) is 7.11 Å². The highest BCUT2D eigenvalue weighted by Crippen LogP contribution is 2.27. The van der Waals surface area contributed by atoms with Crippen molar-refractivity contribution in [1.29, 1.82) is 0 Å². The first kappa shape index (κ1) is 16.0. The fourth-order valence-electron chi connectivity index (χ4n) is 3.05. The van der Waals surface area contributed by atoms with Crippen molar-refractivity contribution in [1.82, 2.24) is 15.5 Å². The van der Waals surface area contributed by atoms with Crippen molar-refractivity contribution in [2.45, 2.75) is 44.4 Å².